The molecule has 1 atom stereocenters. The molecule has 6 heteroatoms. The highest BCUT2D eigenvalue weighted by molar-refractivity contribution is 5.78. The van der Waals surface area contributed by atoms with Crippen LogP contribution < -0.4 is 5.32 Å². The Labute approximate surface area is 170 Å². The number of carbonyl (C=O) groups excluding carboxylic acids is 1. The third-order valence-electron chi connectivity index (χ3n) is 5.59. The van der Waals surface area contributed by atoms with Crippen LogP contribution in [0.2, 0.25) is 0 Å². The lowest BCUT2D eigenvalue weighted by Gasteiger charge is -2.33. The van der Waals surface area contributed by atoms with Crippen LogP contribution in [0, 0.1) is 5.92 Å². The molecule has 1 aromatic heterocycles. The van der Waals surface area contributed by atoms with E-state index >= 15 is 0 Å². The molecule has 1 aliphatic rings. The summed E-state index contributed by atoms with van der Waals surface area (Å²) in [5, 5.41) is 7.19. The zero-order valence-electron chi connectivity index (χ0n) is 16.6. The fourth-order valence-electron chi connectivity index (χ4n) is 3.74. The number of nitrogens with zero attached hydrogens (tertiary/aromatic N) is 3. The van der Waals surface area contributed by atoms with Crippen molar-refractivity contribution in [1.29, 1.82) is 0 Å². The van der Waals surface area contributed by atoms with Gasteiger partial charge in [-0.2, -0.15) is 4.98 Å². The summed E-state index contributed by atoms with van der Waals surface area (Å²) in [6, 6.07) is 19.9. The Kier molecular flexibility index (Phi) is 6.00. The summed E-state index contributed by atoms with van der Waals surface area (Å²) in [5.41, 5.74) is 2.07. The van der Waals surface area contributed by atoms with E-state index in [2.05, 4.69) is 27.3 Å². The quantitative estimate of drug-likeness (QED) is 0.693. The number of piperidine rings is 1. The van der Waals surface area contributed by atoms with Gasteiger partial charge in [0.25, 0.3) is 0 Å². The van der Waals surface area contributed by atoms with Crippen LogP contribution in [0.5, 0.6) is 0 Å². The van der Waals surface area contributed by atoms with Gasteiger partial charge >= 0.3 is 0 Å². The van der Waals surface area contributed by atoms with Gasteiger partial charge in [0.2, 0.25) is 17.6 Å². The predicted molar refractivity (Wildman–Crippen MR) is 111 cm³/mol. The number of benzene rings is 2. The Morgan fingerprint density at radius 3 is 2.45 bits per heavy atom. The van der Waals surface area contributed by atoms with Crippen LogP contribution in [-0.4, -0.2) is 34.0 Å². The highest BCUT2D eigenvalue weighted by atomic mass is 16.5. The van der Waals surface area contributed by atoms with Crippen LogP contribution >= 0.6 is 0 Å². The van der Waals surface area contributed by atoms with E-state index < -0.39 is 0 Å². The molecule has 1 amide bonds. The fraction of sp³-hybridized carbons (Fsp3) is 0.348. The van der Waals surface area contributed by atoms with Crippen molar-refractivity contribution in [3.05, 3.63) is 72.1 Å². The molecule has 150 valence electrons. The number of rotatable bonds is 6. The molecule has 1 unspecified atom stereocenters. The van der Waals surface area contributed by atoms with Crippen LogP contribution in [0.15, 0.2) is 65.2 Å². The van der Waals surface area contributed by atoms with Crippen molar-refractivity contribution in [1.82, 2.24) is 20.4 Å². The van der Waals surface area contributed by atoms with Gasteiger partial charge in [0.05, 0.1) is 6.04 Å². The number of amides is 1. The maximum atomic E-state index is 12.5. The van der Waals surface area contributed by atoms with E-state index in [1.54, 1.807) is 0 Å². The highest BCUT2D eigenvalue weighted by Crippen LogP contribution is 2.27. The number of aromatic nitrogens is 2. The van der Waals surface area contributed by atoms with Crippen LogP contribution in [0.1, 0.15) is 37.3 Å². The van der Waals surface area contributed by atoms with Crippen molar-refractivity contribution in [2.24, 2.45) is 5.92 Å². The average Bonchev–Trinajstić information content (AvgIpc) is 3.29. The average molecular weight is 390 g/mol. The standard InChI is InChI=1S/C23H26N4O2/c1-17(23-25-21(26-29-23)19-10-6-3-7-11-19)27-14-12-20(13-15-27)22(28)24-16-18-8-4-2-5-9-18/h2-11,17,20H,12-16H2,1H3,(H,24,28). The fourth-order valence-corrected chi connectivity index (χ4v) is 3.74. The molecule has 3 aromatic rings. The van der Waals surface area contributed by atoms with E-state index in [1.807, 2.05) is 60.7 Å². The minimum absolute atomic E-state index is 0.0355. The molecule has 0 spiro atoms. The Morgan fingerprint density at radius 2 is 1.76 bits per heavy atom. The number of hydrogen-bond donors (Lipinski definition) is 1. The molecule has 4 rings (SSSR count). The summed E-state index contributed by atoms with van der Waals surface area (Å²) in [5.74, 6) is 1.44. The maximum Gasteiger partial charge on any atom is 0.244 e. The normalized spacial score (nSPS) is 16.4. The number of carbonyl (C=O) groups is 1. The zero-order valence-corrected chi connectivity index (χ0v) is 16.6. The van der Waals surface area contributed by atoms with Gasteiger partial charge in [-0.1, -0.05) is 65.8 Å². The Balaban J connectivity index is 1.29. The molecule has 1 aliphatic heterocycles. The smallest absolute Gasteiger partial charge is 0.244 e. The Morgan fingerprint density at radius 1 is 1.10 bits per heavy atom. The van der Waals surface area contributed by atoms with Crippen molar-refractivity contribution < 1.29 is 9.32 Å². The third kappa shape index (κ3) is 4.71. The first kappa shape index (κ1) is 19.3. The summed E-state index contributed by atoms with van der Waals surface area (Å²) in [7, 11) is 0. The molecule has 0 bridgehead atoms. The monoisotopic (exact) mass is 390 g/mol. The van der Waals surface area contributed by atoms with Gasteiger partial charge in [0.1, 0.15) is 0 Å². The second kappa shape index (κ2) is 9.01. The van der Waals surface area contributed by atoms with Crippen molar-refractivity contribution >= 4 is 5.91 Å². The molecule has 6 nitrogen and oxygen atoms in total. The lowest BCUT2D eigenvalue weighted by atomic mass is 9.95. The van der Waals surface area contributed by atoms with E-state index in [-0.39, 0.29) is 17.9 Å². The van der Waals surface area contributed by atoms with Gasteiger partial charge in [-0.25, -0.2) is 0 Å². The first-order chi connectivity index (χ1) is 14.2. The molecule has 1 saturated heterocycles. The van der Waals surface area contributed by atoms with E-state index in [4.69, 9.17) is 4.52 Å². The zero-order chi connectivity index (χ0) is 20.1. The number of nitrogens with one attached hydrogen (secondary N) is 1. The summed E-state index contributed by atoms with van der Waals surface area (Å²) < 4.78 is 5.51. The van der Waals surface area contributed by atoms with E-state index in [9.17, 15) is 4.79 Å². The van der Waals surface area contributed by atoms with Crippen LogP contribution in [0.3, 0.4) is 0 Å². The maximum absolute atomic E-state index is 12.5. The second-order valence-electron chi connectivity index (χ2n) is 7.51. The van der Waals surface area contributed by atoms with Gasteiger partial charge in [0, 0.05) is 18.0 Å². The largest absolute Gasteiger partial charge is 0.352 e. The summed E-state index contributed by atoms with van der Waals surface area (Å²) in [6.07, 6.45) is 1.68. The third-order valence-corrected chi connectivity index (χ3v) is 5.59. The van der Waals surface area contributed by atoms with Crippen molar-refractivity contribution in [2.45, 2.75) is 32.4 Å². The molecule has 29 heavy (non-hydrogen) atoms. The SMILES string of the molecule is CC(c1nc(-c2ccccc2)no1)N1CCC(C(=O)NCc2ccccc2)CC1. The Hall–Kier alpha value is -2.99. The minimum Gasteiger partial charge on any atom is -0.352 e. The van der Waals surface area contributed by atoms with E-state index in [1.165, 1.54) is 0 Å². The molecule has 0 saturated carbocycles. The molecule has 0 aliphatic carbocycles. The van der Waals surface area contributed by atoms with E-state index in [0.717, 1.165) is 37.1 Å². The number of hydrogen-bond acceptors (Lipinski definition) is 5. The molecule has 1 N–H and O–H groups in total. The van der Waals surface area contributed by atoms with Crippen molar-refractivity contribution in [2.75, 3.05) is 13.1 Å². The van der Waals surface area contributed by atoms with Gasteiger partial charge in [-0.15, -0.1) is 0 Å². The van der Waals surface area contributed by atoms with Gasteiger partial charge < -0.3 is 9.84 Å². The van der Waals surface area contributed by atoms with Crippen LogP contribution in [0.4, 0.5) is 0 Å². The summed E-state index contributed by atoms with van der Waals surface area (Å²) >= 11 is 0. The molecule has 0 radical (unpaired) electrons. The first-order valence-electron chi connectivity index (χ1n) is 10.2. The van der Waals surface area contributed by atoms with Crippen molar-refractivity contribution in [3.63, 3.8) is 0 Å². The van der Waals surface area contributed by atoms with Crippen LogP contribution in [0.25, 0.3) is 11.4 Å². The second-order valence-corrected chi connectivity index (χ2v) is 7.51. The molecular weight excluding hydrogens is 364 g/mol. The lowest BCUT2D eigenvalue weighted by Crippen LogP contribution is -2.41. The van der Waals surface area contributed by atoms with Crippen LogP contribution in [-0.2, 0) is 11.3 Å². The summed E-state index contributed by atoms with van der Waals surface area (Å²) in [4.78, 5) is 19.4. The molecule has 2 aromatic carbocycles. The summed E-state index contributed by atoms with van der Waals surface area (Å²) in [6.45, 7) is 4.35. The van der Waals surface area contributed by atoms with Gasteiger partial charge in [-0.05, 0) is 38.4 Å². The molecule has 1 fully saturated rings. The number of likely N-dealkylation sites (tertiary alicyclic amines) is 1. The lowest BCUT2D eigenvalue weighted by molar-refractivity contribution is -0.126. The minimum atomic E-state index is 0.0355. The van der Waals surface area contributed by atoms with Gasteiger partial charge in [0.15, 0.2) is 0 Å². The van der Waals surface area contributed by atoms with Crippen molar-refractivity contribution in [3.8, 4) is 11.4 Å². The highest BCUT2D eigenvalue weighted by Gasteiger charge is 2.29. The Bertz CT molecular complexity index is 918. The molecule has 2 heterocycles. The topological polar surface area (TPSA) is 71.3 Å². The first-order valence-corrected chi connectivity index (χ1v) is 10.2. The van der Waals surface area contributed by atoms with Gasteiger partial charge in [-0.3, -0.25) is 9.69 Å². The molecular formula is C23H26N4O2. The predicted octanol–water partition coefficient (Wildman–Crippen LogP) is 3.83. The van der Waals surface area contributed by atoms with E-state index in [0.29, 0.717) is 18.3 Å².